The fourth-order valence-electron chi connectivity index (χ4n) is 6.11. The molecule has 0 bridgehead atoms. The third-order valence-corrected chi connectivity index (χ3v) is 9.12. The van der Waals surface area contributed by atoms with Gasteiger partial charge in [0.1, 0.15) is 24.2 Å². The van der Waals surface area contributed by atoms with Gasteiger partial charge in [-0.25, -0.2) is 4.79 Å². The van der Waals surface area contributed by atoms with Crippen molar-refractivity contribution in [2.75, 3.05) is 7.11 Å². The summed E-state index contributed by atoms with van der Waals surface area (Å²) in [5, 5.41) is 14.2. The molecule has 0 aliphatic carbocycles. The molecule has 7 N–H and O–H groups in total. The van der Waals surface area contributed by atoms with Crippen LogP contribution in [0.3, 0.4) is 0 Å². The van der Waals surface area contributed by atoms with Crippen molar-refractivity contribution in [2.24, 2.45) is 29.4 Å². The number of rotatable bonds is 22. The number of hydrogen-bond acceptors (Lipinski definition) is 8. The maximum absolute atomic E-state index is 14.0. The highest BCUT2D eigenvalue weighted by Gasteiger charge is 2.34. The molecule has 13 heteroatoms. The summed E-state index contributed by atoms with van der Waals surface area (Å²) in [6.07, 6.45) is 0.840. The van der Waals surface area contributed by atoms with E-state index in [1.807, 2.05) is 88.4 Å². The van der Waals surface area contributed by atoms with Crippen molar-refractivity contribution in [3.8, 4) is 0 Å². The van der Waals surface area contributed by atoms with Crippen LogP contribution in [0.4, 0.5) is 0 Å². The maximum Gasteiger partial charge on any atom is 0.328 e. The van der Waals surface area contributed by atoms with E-state index in [-0.39, 0.29) is 55.3 Å². The number of carbonyl (C=O) groups is 6. The fraction of sp³-hybridized carbons (Fsp3) is 0.571. The number of amides is 5. The van der Waals surface area contributed by atoms with Crippen molar-refractivity contribution in [2.45, 2.75) is 124 Å². The van der Waals surface area contributed by atoms with Crippen LogP contribution in [0.15, 0.2) is 60.7 Å². The lowest BCUT2D eigenvalue weighted by atomic mass is 9.95. The van der Waals surface area contributed by atoms with Gasteiger partial charge >= 0.3 is 5.97 Å². The quantitative estimate of drug-likeness (QED) is 0.0983. The molecule has 0 fully saturated rings. The van der Waals surface area contributed by atoms with Gasteiger partial charge in [0.05, 0.1) is 7.11 Å². The molecule has 0 aromatic heterocycles. The molecule has 6 atom stereocenters. The Morgan fingerprint density at radius 1 is 0.564 bits per heavy atom. The summed E-state index contributed by atoms with van der Waals surface area (Å²) in [7, 11) is 1.24. The second-order valence-electron chi connectivity index (χ2n) is 15.8. The second-order valence-corrected chi connectivity index (χ2v) is 15.8. The van der Waals surface area contributed by atoms with Crippen LogP contribution in [-0.2, 0) is 46.3 Å². The fourth-order valence-corrected chi connectivity index (χ4v) is 6.11. The summed E-state index contributed by atoms with van der Waals surface area (Å²) in [5.74, 6) is -3.26. The Kier molecular flexibility index (Phi) is 19.6. The Bertz CT molecular complexity index is 1530. The molecule has 0 heterocycles. The minimum atomic E-state index is -1.05. The summed E-state index contributed by atoms with van der Waals surface area (Å²) in [4.78, 5) is 79.9. The van der Waals surface area contributed by atoms with E-state index in [9.17, 15) is 28.8 Å². The van der Waals surface area contributed by atoms with Gasteiger partial charge in [0, 0.05) is 31.3 Å². The molecule has 0 spiro atoms. The van der Waals surface area contributed by atoms with E-state index in [4.69, 9.17) is 10.5 Å². The molecule has 2 aromatic rings. The maximum atomic E-state index is 14.0. The van der Waals surface area contributed by atoms with Crippen LogP contribution in [0, 0.1) is 23.7 Å². The minimum absolute atomic E-state index is 0.101. The monoisotopic (exact) mass is 764 g/mol. The first kappa shape index (κ1) is 46.4. The van der Waals surface area contributed by atoms with Gasteiger partial charge in [0.2, 0.25) is 29.5 Å². The molecule has 0 aliphatic heterocycles. The van der Waals surface area contributed by atoms with E-state index in [0.717, 1.165) is 11.1 Å². The van der Waals surface area contributed by atoms with E-state index < -0.39 is 65.8 Å². The Morgan fingerprint density at radius 3 is 1.53 bits per heavy atom. The minimum Gasteiger partial charge on any atom is -0.467 e. The van der Waals surface area contributed by atoms with Crippen molar-refractivity contribution in [3.05, 3.63) is 71.8 Å². The summed E-state index contributed by atoms with van der Waals surface area (Å²) in [6, 6.07) is 13.1. The van der Waals surface area contributed by atoms with Crippen molar-refractivity contribution in [1.29, 1.82) is 0 Å². The zero-order valence-electron chi connectivity index (χ0n) is 34.0. The van der Waals surface area contributed by atoms with Crippen LogP contribution in [0.25, 0.3) is 0 Å². The van der Waals surface area contributed by atoms with Crippen molar-refractivity contribution >= 4 is 35.5 Å². The van der Waals surface area contributed by atoms with Gasteiger partial charge in [-0.3, -0.25) is 24.0 Å². The van der Waals surface area contributed by atoms with Gasteiger partial charge in [-0.05, 0) is 47.6 Å². The first-order valence-corrected chi connectivity index (χ1v) is 19.3. The van der Waals surface area contributed by atoms with E-state index in [0.29, 0.717) is 6.42 Å². The topological polar surface area (TPSA) is 198 Å². The number of carbonyl (C=O) groups excluding carboxylic acids is 6. The third-order valence-electron chi connectivity index (χ3n) is 9.12. The number of ether oxygens (including phenoxy) is 1. The van der Waals surface area contributed by atoms with Crippen LogP contribution in [0.5, 0.6) is 0 Å². The molecule has 304 valence electrons. The SMILES string of the molecule is COC(=O)[C@@H](NC(=O)[C@H](Cc1ccccc1)NC(=O)C[C@H](N)[C@H](Cc1ccccc1)NC(=O)[C@@H](NC(=O)[C@H](CC(C)C)NC(=O)CC(C)C)C(C)C)C(C)C. The number of nitrogens with two attached hydrogens (primary N) is 1. The Morgan fingerprint density at radius 2 is 1.04 bits per heavy atom. The van der Waals surface area contributed by atoms with Gasteiger partial charge in [-0.1, -0.05) is 116 Å². The third kappa shape index (κ3) is 16.6. The summed E-state index contributed by atoms with van der Waals surface area (Å²) < 4.78 is 4.89. The van der Waals surface area contributed by atoms with Crippen LogP contribution in [0.1, 0.15) is 85.8 Å². The molecule has 0 aliphatic rings. The number of methoxy groups -OCH3 is 1. The van der Waals surface area contributed by atoms with Gasteiger partial charge < -0.3 is 37.1 Å². The standard InChI is InChI=1S/C42H64N6O7/c1-25(2)20-33(44-35(49)21-26(3)4)39(51)47-37(27(5)6)41(53)46-32(22-29-16-12-10-13-17-29)31(43)24-36(50)45-34(23-30-18-14-11-15-19-30)40(52)48-38(28(7)8)42(54)55-9/h10-19,25-28,31-34,37-38H,20-24,43H2,1-9H3,(H,44,49)(H,45,50)(H,46,53)(H,47,51)(H,48,52)/t31-,32-,33-,34-,37-,38-/m0/s1. The Balaban J connectivity index is 2.31. The largest absolute Gasteiger partial charge is 0.467 e. The molecule has 0 radical (unpaired) electrons. The van der Waals surface area contributed by atoms with Crippen LogP contribution in [0.2, 0.25) is 0 Å². The summed E-state index contributed by atoms with van der Waals surface area (Å²) >= 11 is 0. The van der Waals surface area contributed by atoms with Gasteiger partial charge in [-0.15, -0.1) is 0 Å². The predicted octanol–water partition coefficient (Wildman–Crippen LogP) is 3.19. The number of nitrogens with one attached hydrogen (secondary N) is 5. The molecule has 2 rings (SSSR count). The first-order valence-electron chi connectivity index (χ1n) is 19.3. The van der Waals surface area contributed by atoms with E-state index >= 15 is 0 Å². The molecule has 55 heavy (non-hydrogen) atoms. The molecule has 0 saturated heterocycles. The van der Waals surface area contributed by atoms with Crippen LogP contribution >= 0.6 is 0 Å². The molecule has 2 aromatic carbocycles. The van der Waals surface area contributed by atoms with Crippen LogP contribution in [-0.4, -0.2) is 78.9 Å². The smallest absolute Gasteiger partial charge is 0.328 e. The number of hydrogen-bond donors (Lipinski definition) is 6. The van der Waals surface area contributed by atoms with Gasteiger partial charge in [0.15, 0.2) is 0 Å². The van der Waals surface area contributed by atoms with E-state index in [2.05, 4.69) is 26.6 Å². The molecular formula is C42H64N6O7. The zero-order chi connectivity index (χ0) is 41.2. The highest BCUT2D eigenvalue weighted by atomic mass is 16.5. The van der Waals surface area contributed by atoms with E-state index in [1.54, 1.807) is 27.7 Å². The van der Waals surface area contributed by atoms with Gasteiger partial charge in [0.25, 0.3) is 0 Å². The lowest BCUT2D eigenvalue weighted by molar-refractivity contribution is -0.146. The Hall–Kier alpha value is -4.78. The zero-order valence-corrected chi connectivity index (χ0v) is 34.0. The lowest BCUT2D eigenvalue weighted by Gasteiger charge is -2.30. The van der Waals surface area contributed by atoms with Crippen LogP contribution < -0.4 is 32.3 Å². The average Bonchev–Trinajstić information content (AvgIpc) is 3.11. The van der Waals surface area contributed by atoms with Crippen molar-refractivity contribution < 1.29 is 33.5 Å². The van der Waals surface area contributed by atoms with Crippen molar-refractivity contribution in [1.82, 2.24) is 26.6 Å². The number of benzene rings is 2. The predicted molar refractivity (Wildman–Crippen MR) is 213 cm³/mol. The molecule has 0 unspecified atom stereocenters. The number of esters is 1. The van der Waals surface area contributed by atoms with Crippen molar-refractivity contribution in [3.63, 3.8) is 0 Å². The molecular weight excluding hydrogens is 700 g/mol. The molecule has 0 saturated carbocycles. The second kappa shape index (κ2) is 23.2. The highest BCUT2D eigenvalue weighted by molar-refractivity contribution is 5.93. The molecule has 5 amide bonds. The van der Waals surface area contributed by atoms with Gasteiger partial charge in [-0.2, -0.15) is 0 Å². The average molecular weight is 765 g/mol. The lowest BCUT2D eigenvalue weighted by Crippen LogP contribution is -2.59. The van der Waals surface area contributed by atoms with E-state index in [1.165, 1.54) is 7.11 Å². The molecule has 13 nitrogen and oxygen atoms in total. The normalized spacial score (nSPS) is 14.7. The first-order chi connectivity index (χ1) is 25.9. The summed E-state index contributed by atoms with van der Waals surface area (Å²) in [6.45, 7) is 14.9. The summed E-state index contributed by atoms with van der Waals surface area (Å²) in [5.41, 5.74) is 8.35. The Labute approximate surface area is 327 Å². The highest BCUT2D eigenvalue weighted by Crippen LogP contribution is 2.13.